The normalized spacial score (nSPS) is 23.1. The molecule has 0 bridgehead atoms. The van der Waals surface area contributed by atoms with Crippen LogP contribution < -0.4 is 19.7 Å². The molecule has 1 unspecified atom stereocenters. The molecule has 0 aliphatic carbocycles. The molecule has 1 fully saturated rings. The number of rotatable bonds is 5. The van der Waals surface area contributed by atoms with E-state index >= 15 is 0 Å². The fourth-order valence-electron chi connectivity index (χ4n) is 3.39. The Bertz CT molecular complexity index is 559. The molecule has 1 amide bonds. The first-order valence-electron chi connectivity index (χ1n) is 8.64. The topological polar surface area (TPSA) is 52.0 Å². The van der Waals surface area contributed by atoms with Crippen molar-refractivity contribution in [1.82, 2.24) is 5.32 Å². The molecule has 0 radical (unpaired) electrons. The summed E-state index contributed by atoms with van der Waals surface area (Å²) >= 11 is 0. The van der Waals surface area contributed by atoms with Gasteiger partial charge in [0, 0.05) is 24.9 Å². The maximum atomic E-state index is 12.1. The van der Waals surface area contributed by atoms with E-state index in [1.54, 1.807) is 0 Å². The van der Waals surface area contributed by atoms with Crippen LogP contribution in [0.2, 0.25) is 0 Å². The van der Waals surface area contributed by atoms with Crippen molar-refractivity contribution in [3.63, 3.8) is 0 Å². The zero-order valence-corrected chi connectivity index (χ0v) is 14.1. The van der Waals surface area contributed by atoms with Crippen LogP contribution in [-0.4, -0.2) is 38.8 Å². The molecule has 5 heteroatoms. The number of hydrogen-bond donors (Lipinski definition) is 2. The summed E-state index contributed by atoms with van der Waals surface area (Å²) in [4.78, 5) is 13.5. The molecule has 2 aliphatic heterocycles. The van der Waals surface area contributed by atoms with Crippen LogP contribution in [0.15, 0.2) is 18.2 Å². The summed E-state index contributed by atoms with van der Waals surface area (Å²) in [6.07, 6.45) is 2.28. The number of quaternary nitrogens is 1. The van der Waals surface area contributed by atoms with Crippen molar-refractivity contribution >= 4 is 5.91 Å². The van der Waals surface area contributed by atoms with Crippen molar-refractivity contribution in [1.29, 1.82) is 0 Å². The number of amides is 1. The highest BCUT2D eigenvalue weighted by atomic mass is 16.6. The third-order valence-electron chi connectivity index (χ3n) is 4.55. The van der Waals surface area contributed by atoms with Gasteiger partial charge in [0.2, 0.25) is 0 Å². The minimum atomic E-state index is 0.151. The molecule has 1 aromatic rings. The van der Waals surface area contributed by atoms with Crippen molar-refractivity contribution < 1.29 is 19.2 Å². The monoisotopic (exact) mass is 319 g/mol. The number of likely N-dealkylation sites (tertiary alicyclic amines) is 1. The van der Waals surface area contributed by atoms with Crippen molar-refractivity contribution in [2.45, 2.75) is 32.7 Å². The van der Waals surface area contributed by atoms with Crippen LogP contribution in [0.1, 0.15) is 38.3 Å². The van der Waals surface area contributed by atoms with E-state index in [2.05, 4.69) is 31.3 Å². The molecule has 2 heterocycles. The van der Waals surface area contributed by atoms with E-state index in [-0.39, 0.29) is 5.91 Å². The van der Waals surface area contributed by atoms with Gasteiger partial charge in [-0.15, -0.1) is 0 Å². The Morgan fingerprint density at radius 3 is 2.87 bits per heavy atom. The van der Waals surface area contributed by atoms with E-state index in [0.29, 0.717) is 31.7 Å². The summed E-state index contributed by atoms with van der Waals surface area (Å²) in [5.41, 5.74) is 1.25. The smallest absolute Gasteiger partial charge is 0.275 e. The lowest BCUT2D eigenvalue weighted by Crippen LogP contribution is -3.11. The van der Waals surface area contributed by atoms with Crippen LogP contribution in [-0.2, 0) is 4.79 Å². The average molecular weight is 319 g/mol. The standard InChI is InChI=1S/C18H26N2O3/c1-13(2)11-19-18(21)12-20-7-3-4-15(20)14-5-6-16-17(10-14)23-9-8-22-16/h5-6,10,13,15H,3-4,7-9,11-12H2,1-2H3,(H,19,21)/p+1/t15-/m1/s1. The fourth-order valence-corrected chi connectivity index (χ4v) is 3.39. The van der Waals surface area contributed by atoms with Crippen LogP contribution in [0, 0.1) is 5.92 Å². The number of nitrogens with one attached hydrogen (secondary N) is 2. The Labute approximate surface area is 137 Å². The summed E-state index contributed by atoms with van der Waals surface area (Å²) in [7, 11) is 0. The molecule has 0 saturated carbocycles. The van der Waals surface area contributed by atoms with Gasteiger partial charge in [0.1, 0.15) is 19.3 Å². The number of hydrogen-bond acceptors (Lipinski definition) is 3. The van der Waals surface area contributed by atoms with Gasteiger partial charge in [0.05, 0.1) is 6.54 Å². The highest BCUT2D eigenvalue weighted by Crippen LogP contribution is 2.33. The largest absolute Gasteiger partial charge is 0.486 e. The van der Waals surface area contributed by atoms with Crippen molar-refractivity contribution in [2.75, 3.05) is 32.8 Å². The summed E-state index contributed by atoms with van der Waals surface area (Å²) < 4.78 is 11.3. The lowest BCUT2D eigenvalue weighted by molar-refractivity contribution is -0.910. The van der Waals surface area contributed by atoms with Gasteiger partial charge in [-0.2, -0.15) is 0 Å². The highest BCUT2D eigenvalue weighted by Gasteiger charge is 2.32. The first-order chi connectivity index (χ1) is 11.1. The second-order valence-corrected chi connectivity index (χ2v) is 6.88. The molecular weight excluding hydrogens is 292 g/mol. The third kappa shape index (κ3) is 3.96. The zero-order valence-electron chi connectivity index (χ0n) is 14.1. The number of fused-ring (bicyclic) bond motifs is 1. The predicted octanol–water partition coefficient (Wildman–Crippen LogP) is 0.950. The molecule has 2 atom stereocenters. The van der Waals surface area contributed by atoms with Crippen LogP contribution in [0.3, 0.4) is 0 Å². The molecule has 0 aromatic heterocycles. The second kappa shape index (κ2) is 7.21. The SMILES string of the molecule is CC(C)CNC(=O)C[NH+]1CCC[C@@H]1c1ccc2c(c1)OCCO2. The number of carbonyl (C=O) groups is 1. The molecule has 126 valence electrons. The van der Waals surface area contributed by atoms with E-state index in [1.807, 2.05) is 6.07 Å². The highest BCUT2D eigenvalue weighted by molar-refractivity contribution is 5.76. The van der Waals surface area contributed by atoms with Gasteiger partial charge in [-0.05, 0) is 24.1 Å². The average Bonchev–Trinajstić information content (AvgIpc) is 3.00. The Morgan fingerprint density at radius 2 is 2.09 bits per heavy atom. The molecule has 0 spiro atoms. The molecular formula is C18H27N2O3+. The quantitative estimate of drug-likeness (QED) is 0.850. The Kier molecular flexibility index (Phi) is 5.06. The molecule has 1 aromatic carbocycles. The Balaban J connectivity index is 1.65. The molecule has 5 nitrogen and oxygen atoms in total. The summed E-state index contributed by atoms with van der Waals surface area (Å²) in [5, 5.41) is 3.03. The summed E-state index contributed by atoms with van der Waals surface area (Å²) in [6.45, 7) is 7.79. The molecule has 2 N–H and O–H groups in total. The van der Waals surface area contributed by atoms with Gasteiger partial charge >= 0.3 is 0 Å². The fraction of sp³-hybridized carbons (Fsp3) is 0.611. The van der Waals surface area contributed by atoms with Crippen LogP contribution in [0.25, 0.3) is 0 Å². The van der Waals surface area contributed by atoms with E-state index < -0.39 is 0 Å². The van der Waals surface area contributed by atoms with Gasteiger partial charge in [-0.3, -0.25) is 4.79 Å². The summed E-state index contributed by atoms with van der Waals surface area (Å²) in [6, 6.07) is 6.58. The van der Waals surface area contributed by atoms with Crippen molar-refractivity contribution in [2.24, 2.45) is 5.92 Å². The predicted molar refractivity (Wildman–Crippen MR) is 88.0 cm³/mol. The Morgan fingerprint density at radius 1 is 1.30 bits per heavy atom. The summed E-state index contributed by atoms with van der Waals surface area (Å²) in [5.74, 6) is 2.30. The third-order valence-corrected chi connectivity index (χ3v) is 4.55. The van der Waals surface area contributed by atoms with Gasteiger partial charge in [-0.25, -0.2) is 0 Å². The van der Waals surface area contributed by atoms with Crippen molar-refractivity contribution in [3.8, 4) is 11.5 Å². The van der Waals surface area contributed by atoms with Crippen molar-refractivity contribution in [3.05, 3.63) is 23.8 Å². The first-order valence-corrected chi connectivity index (χ1v) is 8.64. The zero-order chi connectivity index (χ0) is 16.2. The number of benzene rings is 1. The number of ether oxygens (including phenoxy) is 2. The van der Waals surface area contributed by atoms with Gasteiger partial charge in [0.15, 0.2) is 18.0 Å². The Hall–Kier alpha value is -1.75. The van der Waals surface area contributed by atoms with Gasteiger partial charge in [0.25, 0.3) is 5.91 Å². The molecule has 2 aliphatic rings. The lowest BCUT2D eigenvalue weighted by atomic mass is 10.0. The maximum absolute atomic E-state index is 12.1. The second-order valence-electron chi connectivity index (χ2n) is 6.88. The van der Waals surface area contributed by atoms with Crippen LogP contribution in [0.5, 0.6) is 11.5 Å². The molecule has 23 heavy (non-hydrogen) atoms. The maximum Gasteiger partial charge on any atom is 0.275 e. The van der Waals surface area contributed by atoms with Crippen LogP contribution in [0.4, 0.5) is 0 Å². The van der Waals surface area contributed by atoms with E-state index in [1.165, 1.54) is 10.5 Å². The molecule has 1 saturated heterocycles. The number of carbonyl (C=O) groups excluding carboxylic acids is 1. The molecule has 3 rings (SSSR count). The van der Waals surface area contributed by atoms with E-state index in [0.717, 1.165) is 37.4 Å². The first kappa shape index (κ1) is 16.1. The lowest BCUT2D eigenvalue weighted by Gasteiger charge is -2.24. The minimum Gasteiger partial charge on any atom is -0.486 e. The minimum absolute atomic E-state index is 0.151. The van der Waals surface area contributed by atoms with Gasteiger partial charge < -0.3 is 19.7 Å². The van der Waals surface area contributed by atoms with Crippen LogP contribution >= 0.6 is 0 Å². The van der Waals surface area contributed by atoms with Gasteiger partial charge in [-0.1, -0.05) is 13.8 Å². The van der Waals surface area contributed by atoms with E-state index in [4.69, 9.17) is 9.47 Å². The van der Waals surface area contributed by atoms with E-state index in [9.17, 15) is 4.79 Å².